The van der Waals surface area contributed by atoms with E-state index in [9.17, 15) is 0 Å². The van der Waals surface area contributed by atoms with Crippen LogP contribution in [0.15, 0.2) is 130 Å². The van der Waals surface area contributed by atoms with Crippen molar-refractivity contribution in [3.63, 3.8) is 0 Å². The van der Waals surface area contributed by atoms with Gasteiger partial charge in [-0.25, -0.2) is 0 Å². The molecule has 1 N–H and O–H groups in total. The lowest BCUT2D eigenvalue weighted by Gasteiger charge is -2.28. The van der Waals surface area contributed by atoms with E-state index in [-0.39, 0.29) is 10.8 Å². The Morgan fingerprint density at radius 3 is 2.38 bits per heavy atom. The monoisotopic (exact) mass is 616 g/mol. The number of rotatable bonds is 12. The maximum atomic E-state index is 3.66. The Kier molecular flexibility index (Phi) is 10.8. The normalized spacial score (nSPS) is 18.3. The van der Waals surface area contributed by atoms with E-state index in [0.717, 1.165) is 45.2 Å². The quantitative estimate of drug-likeness (QED) is 0.218. The second kappa shape index (κ2) is 14.8. The highest BCUT2D eigenvalue weighted by molar-refractivity contribution is 8.03. The van der Waals surface area contributed by atoms with Gasteiger partial charge in [0, 0.05) is 45.4 Å². The van der Waals surface area contributed by atoms with E-state index < -0.39 is 0 Å². The molecule has 3 aromatic rings. The Morgan fingerprint density at radius 2 is 1.60 bits per heavy atom. The van der Waals surface area contributed by atoms with Crippen LogP contribution in [0.2, 0.25) is 0 Å². The molecule has 45 heavy (non-hydrogen) atoms. The minimum Gasteiger partial charge on any atom is -0.385 e. The fraction of sp³-hybridized carbons (Fsp3) is 0.381. The van der Waals surface area contributed by atoms with Crippen LogP contribution in [0.5, 0.6) is 0 Å². The number of nitrogens with one attached hydrogen (secondary N) is 1. The summed E-state index contributed by atoms with van der Waals surface area (Å²) in [6.45, 7) is 16.1. The third kappa shape index (κ3) is 7.52. The first-order valence-electron chi connectivity index (χ1n) is 17.0. The smallest absolute Gasteiger partial charge is 0.0450 e. The van der Waals surface area contributed by atoms with Crippen molar-refractivity contribution in [2.45, 2.75) is 95.8 Å². The molecule has 2 aliphatic rings. The molecule has 236 valence electrons. The van der Waals surface area contributed by atoms with Crippen molar-refractivity contribution in [3.05, 3.63) is 136 Å². The van der Waals surface area contributed by atoms with Crippen LogP contribution in [0, 0.1) is 0 Å². The summed E-state index contributed by atoms with van der Waals surface area (Å²) in [6, 6.07) is 28.7. The Bertz CT molecular complexity index is 1570. The molecule has 0 spiro atoms. The van der Waals surface area contributed by atoms with Crippen LogP contribution in [-0.2, 0) is 10.8 Å². The van der Waals surface area contributed by atoms with Crippen molar-refractivity contribution in [1.29, 1.82) is 0 Å². The number of hydrogen-bond donors (Lipinski definition) is 1. The van der Waals surface area contributed by atoms with Crippen LogP contribution in [0.3, 0.4) is 0 Å². The van der Waals surface area contributed by atoms with Gasteiger partial charge in [0.05, 0.1) is 0 Å². The maximum Gasteiger partial charge on any atom is 0.0450 e. The van der Waals surface area contributed by atoms with Gasteiger partial charge < -0.3 is 10.2 Å². The third-order valence-corrected chi connectivity index (χ3v) is 10.5. The van der Waals surface area contributed by atoms with Gasteiger partial charge in [-0.2, -0.15) is 0 Å². The summed E-state index contributed by atoms with van der Waals surface area (Å²) in [5.74, 6) is 0. The molecule has 2 nitrogen and oxygen atoms in total. The summed E-state index contributed by atoms with van der Waals surface area (Å²) in [5, 5.41) is 3.66. The number of hydrogen-bond acceptors (Lipinski definition) is 3. The summed E-state index contributed by atoms with van der Waals surface area (Å²) in [6.07, 6.45) is 16.4. The van der Waals surface area contributed by atoms with Gasteiger partial charge >= 0.3 is 0 Å². The third-order valence-electron chi connectivity index (χ3n) is 9.30. The lowest BCUT2D eigenvalue weighted by molar-refractivity contribution is 0.535. The lowest BCUT2D eigenvalue weighted by atomic mass is 9.80. The van der Waals surface area contributed by atoms with Crippen LogP contribution in [0.1, 0.15) is 91.2 Å². The van der Waals surface area contributed by atoms with Gasteiger partial charge in [0.1, 0.15) is 0 Å². The molecule has 0 fully saturated rings. The molecule has 3 aromatic carbocycles. The number of allylic oxidation sites excluding steroid dienone is 7. The minimum absolute atomic E-state index is 0.0233. The average molecular weight is 617 g/mol. The molecule has 0 bridgehead atoms. The number of para-hydroxylation sites is 2. The zero-order valence-corrected chi connectivity index (χ0v) is 29.1. The van der Waals surface area contributed by atoms with Crippen LogP contribution in [-0.4, -0.2) is 13.1 Å². The molecule has 1 heterocycles. The van der Waals surface area contributed by atoms with E-state index in [1.807, 2.05) is 11.8 Å². The minimum atomic E-state index is -0.0233. The summed E-state index contributed by atoms with van der Waals surface area (Å²) in [7, 11) is 0. The van der Waals surface area contributed by atoms with E-state index in [2.05, 4.69) is 155 Å². The van der Waals surface area contributed by atoms with Crippen molar-refractivity contribution in [2.75, 3.05) is 23.3 Å². The molecular weight excluding hydrogens is 565 g/mol. The predicted molar refractivity (Wildman–Crippen MR) is 198 cm³/mol. The summed E-state index contributed by atoms with van der Waals surface area (Å²) < 4.78 is 0. The van der Waals surface area contributed by atoms with Crippen molar-refractivity contribution in [3.8, 4) is 0 Å². The van der Waals surface area contributed by atoms with Crippen molar-refractivity contribution < 1.29 is 0 Å². The zero-order valence-electron chi connectivity index (χ0n) is 28.3. The van der Waals surface area contributed by atoms with Gasteiger partial charge in [-0.05, 0) is 96.6 Å². The maximum absolute atomic E-state index is 3.66. The molecule has 0 saturated heterocycles. The second-order valence-corrected chi connectivity index (χ2v) is 14.7. The fourth-order valence-corrected chi connectivity index (χ4v) is 7.97. The topological polar surface area (TPSA) is 15.3 Å². The Balaban J connectivity index is 1.49. The zero-order chi connectivity index (χ0) is 31.9. The van der Waals surface area contributed by atoms with Gasteiger partial charge in [0.15, 0.2) is 0 Å². The molecular formula is C42H52N2S. The first-order valence-corrected chi connectivity index (χ1v) is 17.8. The van der Waals surface area contributed by atoms with E-state index in [1.54, 1.807) is 0 Å². The van der Waals surface area contributed by atoms with Crippen molar-refractivity contribution >= 4 is 23.1 Å². The highest BCUT2D eigenvalue weighted by Crippen LogP contribution is 2.48. The standard InChI is InChI=1S/C42H52N2S/c1-7-30-43-37-25-14-12-23-35(37)41(3,4)29-17-20-32-18-16-19-33(40(32)45-34-21-10-9-11-22-34)27-28-39-42(5,6)36-24-13-15-26-38(36)44(39)31-8-2/h9-15,17,20-28,43H,7-8,16,18-19,29-31H2,1-6H3/b20-17+,33-27-,39-28-. The van der Waals surface area contributed by atoms with Crippen molar-refractivity contribution in [2.24, 2.45) is 0 Å². The first kappa shape index (κ1) is 32.9. The van der Waals surface area contributed by atoms with Crippen LogP contribution in [0.4, 0.5) is 11.4 Å². The largest absolute Gasteiger partial charge is 0.385 e. The number of thioether (sulfide) groups is 1. The molecule has 0 atom stereocenters. The van der Waals surface area contributed by atoms with Crippen LogP contribution < -0.4 is 10.2 Å². The van der Waals surface area contributed by atoms with E-state index >= 15 is 0 Å². The Morgan fingerprint density at radius 1 is 0.867 bits per heavy atom. The molecule has 0 radical (unpaired) electrons. The van der Waals surface area contributed by atoms with Gasteiger partial charge in [-0.15, -0.1) is 0 Å². The van der Waals surface area contributed by atoms with Crippen molar-refractivity contribution in [1.82, 2.24) is 0 Å². The number of benzene rings is 3. The molecule has 0 unspecified atom stereocenters. The molecule has 0 aromatic heterocycles. The van der Waals surface area contributed by atoms with Gasteiger partial charge in [-0.3, -0.25) is 0 Å². The molecule has 1 aliphatic heterocycles. The van der Waals surface area contributed by atoms with Gasteiger partial charge in [-0.1, -0.05) is 126 Å². The molecule has 3 heteroatoms. The first-order chi connectivity index (χ1) is 21.8. The highest BCUT2D eigenvalue weighted by atomic mass is 32.2. The summed E-state index contributed by atoms with van der Waals surface area (Å²) >= 11 is 1.93. The molecule has 5 rings (SSSR count). The summed E-state index contributed by atoms with van der Waals surface area (Å²) in [5.41, 5.74) is 9.79. The fourth-order valence-electron chi connectivity index (χ4n) is 6.84. The Hall–Kier alpha value is -3.43. The number of nitrogens with zero attached hydrogens (tertiary/aromatic N) is 1. The SMILES string of the molecule is CCCNc1ccccc1C(C)(C)C/C=C/C1=C(Sc2ccccc2)C(=C\C=C2/N(CCC)c3ccccc3C2(C)C)/CCC1. The Labute approximate surface area is 277 Å². The number of anilines is 2. The van der Waals surface area contributed by atoms with Gasteiger partial charge in [0.2, 0.25) is 0 Å². The van der Waals surface area contributed by atoms with E-state index in [0.29, 0.717) is 0 Å². The second-order valence-electron chi connectivity index (χ2n) is 13.6. The summed E-state index contributed by atoms with van der Waals surface area (Å²) in [4.78, 5) is 5.29. The molecule has 0 amide bonds. The molecule has 1 aliphatic carbocycles. The van der Waals surface area contributed by atoms with E-state index in [1.165, 1.54) is 55.6 Å². The average Bonchev–Trinajstić information content (AvgIpc) is 3.26. The highest BCUT2D eigenvalue weighted by Gasteiger charge is 2.39. The van der Waals surface area contributed by atoms with Crippen LogP contribution in [0.25, 0.3) is 0 Å². The van der Waals surface area contributed by atoms with Crippen LogP contribution >= 0.6 is 11.8 Å². The number of fused-ring (bicyclic) bond motifs is 1. The lowest BCUT2D eigenvalue weighted by Crippen LogP contribution is -2.26. The van der Waals surface area contributed by atoms with E-state index in [4.69, 9.17) is 0 Å². The van der Waals surface area contributed by atoms with Gasteiger partial charge in [0.25, 0.3) is 0 Å². The predicted octanol–water partition coefficient (Wildman–Crippen LogP) is 12.0. The molecule has 0 saturated carbocycles.